The number of nitrogens with two attached hydrogens (primary N) is 3. The molecule has 9 amide bonds. The van der Waals surface area contributed by atoms with E-state index >= 15 is 0 Å². The molecule has 41 nitrogen and oxygen atoms in total. The quantitative estimate of drug-likeness (QED) is 0.0199. The first-order chi connectivity index (χ1) is 55.3. The standard InChI is InChI=1S/C72H132N12O29S2/c73-60-66(102)63(99)48(40-86)111-69(60)108-29-6-3-14-51(90)76-22-10-25-79-55(94)19-32-105-43-72(83-58(97)17-2-1-13-54(93)82-28-36-115-114-35-9-18-59(98)84-38-47(89)37-46(84)39-85,44-106-33-20-56(95)80-26-11-23-77-52(91)15-4-7-30-109-70-61(74)67(103)64(100)49(41-87)112-70)45-107-34-21-57(96)81-27-12-24-78-53(92)16-5-8-31-110-71-62(75)68(104)65(101)50(42-88)113-71/h46-50,60-71,85-89,99-104H,1-45,73-75H2,(H,76,90)(H,77,91)(H,78,92)(H,79,94)(H,80,95)(H,81,96)(H,82,93)(H,83,97)/t46-,47+,48?,49?,50?,60?,61?,62?,63?,64?,65?,66?,67?,68?,69?,70?,71?,72?/m0/s1. The first-order valence-corrected chi connectivity index (χ1v) is 42.5. The van der Waals surface area contributed by atoms with Crippen LogP contribution in [0.5, 0.6) is 0 Å². The third-order valence-electron chi connectivity index (χ3n) is 19.2. The van der Waals surface area contributed by atoms with E-state index < -0.39 is 129 Å². The lowest BCUT2D eigenvalue weighted by Crippen LogP contribution is -2.62. The number of hydrogen-bond acceptors (Lipinski definition) is 34. The largest absolute Gasteiger partial charge is 0.394 e. The molecule has 0 aromatic heterocycles. The molecule has 17 atom stereocenters. The number of β-amino-alcohol motifs (C(OH)–C–C–N with tert-alkyl or cyclic N) is 1. The minimum Gasteiger partial charge on any atom is -0.394 e. The lowest BCUT2D eigenvalue weighted by molar-refractivity contribution is -0.265. The minimum absolute atomic E-state index is 0.0501. The van der Waals surface area contributed by atoms with Gasteiger partial charge in [0.15, 0.2) is 18.9 Å². The van der Waals surface area contributed by atoms with Crippen LogP contribution in [-0.4, -0.2) is 374 Å². The Morgan fingerprint density at radius 3 is 1.02 bits per heavy atom. The number of ether oxygens (including phenoxy) is 9. The topological polar surface area (TPSA) is 637 Å². The van der Waals surface area contributed by atoms with Crippen molar-refractivity contribution in [3.63, 3.8) is 0 Å². The van der Waals surface area contributed by atoms with E-state index in [2.05, 4.69) is 42.5 Å². The molecule has 0 radical (unpaired) electrons. The first-order valence-electron chi connectivity index (χ1n) is 40.0. The number of hydrogen-bond donors (Lipinski definition) is 22. The van der Waals surface area contributed by atoms with Gasteiger partial charge >= 0.3 is 0 Å². The van der Waals surface area contributed by atoms with Crippen LogP contribution in [0, 0.1) is 0 Å². The second-order valence-corrected chi connectivity index (χ2v) is 31.5. The van der Waals surface area contributed by atoms with Crippen molar-refractivity contribution in [2.75, 3.05) is 150 Å². The van der Waals surface area contributed by atoms with Crippen molar-refractivity contribution in [1.29, 1.82) is 0 Å². The molecule has 0 aromatic carbocycles. The molecule has 25 N–H and O–H groups in total. The zero-order valence-electron chi connectivity index (χ0n) is 65.9. The summed E-state index contributed by atoms with van der Waals surface area (Å²) in [6.45, 7) is -0.754. The maximum Gasteiger partial charge on any atom is 0.223 e. The highest BCUT2D eigenvalue weighted by Gasteiger charge is 2.46. The van der Waals surface area contributed by atoms with Crippen molar-refractivity contribution in [1.82, 2.24) is 47.4 Å². The van der Waals surface area contributed by atoms with Gasteiger partial charge in [0.1, 0.15) is 60.5 Å². The Labute approximate surface area is 679 Å². The van der Waals surface area contributed by atoms with Gasteiger partial charge in [-0.05, 0) is 83.5 Å². The van der Waals surface area contributed by atoms with Gasteiger partial charge in [0.05, 0.1) is 96.3 Å². The molecule has 43 heteroatoms. The number of rotatable bonds is 63. The number of nitrogens with zero attached hydrogens (tertiary/aromatic N) is 1. The van der Waals surface area contributed by atoms with Crippen molar-refractivity contribution in [2.24, 2.45) is 17.2 Å². The van der Waals surface area contributed by atoms with Crippen molar-refractivity contribution >= 4 is 74.8 Å². The van der Waals surface area contributed by atoms with E-state index in [0.717, 1.165) is 0 Å². The first kappa shape index (κ1) is 102. The number of carbonyl (C=O) groups excluding carboxylic acids is 9. The average molecular weight is 1690 g/mol. The van der Waals surface area contributed by atoms with Gasteiger partial charge in [-0.3, -0.25) is 43.2 Å². The van der Waals surface area contributed by atoms with E-state index in [1.165, 1.54) is 4.90 Å². The molecule has 4 saturated heterocycles. The summed E-state index contributed by atoms with van der Waals surface area (Å²) in [4.78, 5) is 118. The van der Waals surface area contributed by atoms with Crippen molar-refractivity contribution in [3.05, 3.63) is 0 Å². The van der Waals surface area contributed by atoms with Gasteiger partial charge in [-0.15, -0.1) is 0 Å². The molecule has 0 aromatic rings. The highest BCUT2D eigenvalue weighted by Crippen LogP contribution is 2.27. The van der Waals surface area contributed by atoms with Crippen LogP contribution in [0.15, 0.2) is 0 Å². The molecule has 0 aliphatic carbocycles. The summed E-state index contributed by atoms with van der Waals surface area (Å²) in [7, 11) is 3.11. The van der Waals surface area contributed by atoms with Crippen molar-refractivity contribution in [2.45, 2.75) is 251 Å². The van der Waals surface area contributed by atoms with E-state index in [1.807, 2.05) is 0 Å². The Balaban J connectivity index is 1.27. The molecule has 4 aliphatic heterocycles. The zero-order valence-corrected chi connectivity index (χ0v) is 67.5. The van der Waals surface area contributed by atoms with Gasteiger partial charge in [0.2, 0.25) is 53.2 Å². The highest BCUT2D eigenvalue weighted by atomic mass is 33.1. The van der Waals surface area contributed by atoms with E-state index in [9.17, 15) is 99.3 Å². The van der Waals surface area contributed by atoms with Crippen LogP contribution in [0.2, 0.25) is 0 Å². The molecule has 15 unspecified atom stereocenters. The lowest BCUT2D eigenvalue weighted by atomic mass is 9.98. The van der Waals surface area contributed by atoms with E-state index in [-0.39, 0.29) is 223 Å². The Hall–Kier alpha value is -4.99. The molecule has 666 valence electrons. The monoisotopic (exact) mass is 1690 g/mol. The fourth-order valence-electron chi connectivity index (χ4n) is 12.4. The second-order valence-electron chi connectivity index (χ2n) is 28.8. The van der Waals surface area contributed by atoms with Crippen LogP contribution in [0.4, 0.5) is 0 Å². The van der Waals surface area contributed by atoms with Gasteiger partial charge in [-0.1, -0.05) is 21.6 Å². The minimum atomic E-state index is -1.48. The Kier molecular flexibility index (Phi) is 53.1. The third-order valence-corrected chi connectivity index (χ3v) is 21.7. The Bertz CT molecular complexity index is 2560. The molecule has 4 heterocycles. The number of aliphatic hydroxyl groups is 11. The van der Waals surface area contributed by atoms with Gasteiger partial charge < -0.3 is 163 Å². The molecule has 115 heavy (non-hydrogen) atoms. The van der Waals surface area contributed by atoms with Crippen LogP contribution in [0.1, 0.15) is 141 Å². The van der Waals surface area contributed by atoms with Crippen LogP contribution < -0.4 is 59.7 Å². The SMILES string of the molecule is NC1C(OCCCCC(=O)NCCCNC(=O)CCOCC(COCCC(=O)NCCCNC(=O)CCCCOC2OC(CO)C(O)C(O)C2N)(COCCC(=O)NCCCNC(=O)CCCCOC2OC(CO)C(O)C(O)C2N)NC(=O)CCCCC(=O)NCCSSCCCC(=O)N2C[C@H](O)C[C@H]2CO)OC(CO)C(O)C1O. The van der Waals surface area contributed by atoms with Crippen molar-refractivity contribution in [3.8, 4) is 0 Å². The molecule has 0 bridgehead atoms. The zero-order chi connectivity index (χ0) is 84.3. The maximum absolute atomic E-state index is 14.0. The van der Waals surface area contributed by atoms with Crippen LogP contribution in [0.3, 0.4) is 0 Å². The molecule has 4 aliphatic rings. The molecule has 0 saturated carbocycles. The van der Waals surface area contributed by atoms with E-state index in [1.54, 1.807) is 21.6 Å². The number of likely N-dealkylation sites (tertiary alicyclic amines) is 1. The fourth-order valence-corrected chi connectivity index (χ4v) is 14.4. The Morgan fingerprint density at radius 2 is 0.678 bits per heavy atom. The van der Waals surface area contributed by atoms with Gasteiger partial charge in [-0.2, -0.15) is 0 Å². The predicted molar refractivity (Wildman–Crippen MR) is 415 cm³/mol. The number of carbonyl (C=O) groups is 9. The number of unbranched alkanes of at least 4 members (excludes halogenated alkanes) is 4. The molecule has 4 rings (SSSR count). The lowest BCUT2D eigenvalue weighted by Gasteiger charge is -2.40. The summed E-state index contributed by atoms with van der Waals surface area (Å²) in [6, 6.07) is -3.51. The summed E-state index contributed by atoms with van der Waals surface area (Å²) in [6.07, 6.45) is -9.30. The fraction of sp³-hybridized carbons (Fsp3) is 0.875. The van der Waals surface area contributed by atoms with E-state index in [4.69, 9.17) is 59.8 Å². The van der Waals surface area contributed by atoms with Gasteiger partial charge in [0, 0.05) is 141 Å². The molecule has 4 fully saturated rings. The third kappa shape index (κ3) is 41.2. The average Bonchev–Trinajstić information content (AvgIpc) is 1.48. The summed E-state index contributed by atoms with van der Waals surface area (Å²) in [5, 5.41) is 131. The van der Waals surface area contributed by atoms with E-state index in [0.29, 0.717) is 102 Å². The summed E-state index contributed by atoms with van der Waals surface area (Å²) < 4.78 is 51.4. The van der Waals surface area contributed by atoms with Gasteiger partial charge in [0.25, 0.3) is 0 Å². The second kappa shape index (κ2) is 59.7. The molecular formula is C72H132N12O29S2. The van der Waals surface area contributed by atoms with Crippen LogP contribution in [-0.2, 0) is 85.8 Å². The van der Waals surface area contributed by atoms with Gasteiger partial charge in [-0.25, -0.2) is 0 Å². The smallest absolute Gasteiger partial charge is 0.223 e. The predicted octanol–water partition coefficient (Wildman–Crippen LogP) is -7.42. The number of aliphatic hydroxyl groups excluding tert-OH is 11. The normalized spacial score (nSPS) is 26.0. The Morgan fingerprint density at radius 1 is 0.365 bits per heavy atom. The van der Waals surface area contributed by atoms with Crippen molar-refractivity contribution < 1.29 is 142 Å². The highest BCUT2D eigenvalue weighted by molar-refractivity contribution is 8.76. The summed E-state index contributed by atoms with van der Waals surface area (Å²) >= 11 is 0. The number of amides is 9. The van der Waals surface area contributed by atoms with Crippen LogP contribution in [0.25, 0.3) is 0 Å². The maximum atomic E-state index is 14.0. The number of nitrogens with one attached hydrogen (secondary N) is 8. The summed E-state index contributed by atoms with van der Waals surface area (Å²) in [5.74, 6) is -1.37. The van der Waals surface area contributed by atoms with Crippen LogP contribution >= 0.6 is 21.6 Å². The molecular weight excluding hydrogens is 1560 g/mol. The summed E-state index contributed by atoms with van der Waals surface area (Å²) in [5.41, 5.74) is 16.3. The molecule has 0 spiro atoms.